The zero-order valence-corrected chi connectivity index (χ0v) is 10.4. The molecule has 0 amide bonds. The molecule has 2 nitrogen and oxygen atoms in total. The Balaban J connectivity index is 3.82. The molecule has 2 heteroatoms. The minimum Gasteiger partial charge on any atom is -0.463 e. The first-order chi connectivity index (χ1) is 6.20. The number of carbonyl (C=O) groups is 1. The smallest absolute Gasteiger partial charge is 0.302 e. The lowest BCUT2D eigenvalue weighted by molar-refractivity contribution is -0.146. The number of hydrogen-bond acceptors (Lipinski definition) is 2. The standard InChI is InChI=1S/C12H24O2/c1-9(8-12(4,5)6)7-10(2)14-11(3)13/h9-10H,7-8H2,1-6H3/t9-,10+/m0/s1. The van der Waals surface area contributed by atoms with E-state index in [2.05, 4.69) is 27.7 Å². The van der Waals surface area contributed by atoms with Gasteiger partial charge in [-0.2, -0.15) is 0 Å². The molecule has 0 N–H and O–H groups in total. The van der Waals surface area contributed by atoms with Crippen molar-refractivity contribution in [3.8, 4) is 0 Å². The Morgan fingerprint density at radius 2 is 1.79 bits per heavy atom. The third kappa shape index (κ3) is 8.09. The summed E-state index contributed by atoms with van der Waals surface area (Å²) in [6.07, 6.45) is 2.17. The zero-order chi connectivity index (χ0) is 11.4. The van der Waals surface area contributed by atoms with Crippen molar-refractivity contribution in [1.29, 1.82) is 0 Å². The summed E-state index contributed by atoms with van der Waals surface area (Å²) in [5.41, 5.74) is 0.357. The molecule has 14 heavy (non-hydrogen) atoms. The molecule has 84 valence electrons. The molecule has 0 bridgehead atoms. The Kier molecular flexibility index (Phi) is 5.17. The number of hydrogen-bond donors (Lipinski definition) is 0. The molecule has 0 aliphatic rings. The van der Waals surface area contributed by atoms with Gasteiger partial charge in [-0.25, -0.2) is 0 Å². The monoisotopic (exact) mass is 200 g/mol. The Hall–Kier alpha value is -0.530. The Morgan fingerprint density at radius 3 is 2.14 bits per heavy atom. The molecule has 0 radical (unpaired) electrons. The van der Waals surface area contributed by atoms with Gasteiger partial charge >= 0.3 is 5.97 Å². The lowest BCUT2D eigenvalue weighted by atomic mass is 9.83. The number of esters is 1. The van der Waals surface area contributed by atoms with Crippen molar-refractivity contribution in [2.75, 3.05) is 0 Å². The summed E-state index contributed by atoms with van der Waals surface area (Å²) in [6.45, 7) is 12.3. The lowest BCUT2D eigenvalue weighted by Crippen LogP contribution is -2.19. The summed E-state index contributed by atoms with van der Waals surface area (Å²) in [4.78, 5) is 10.7. The van der Waals surface area contributed by atoms with E-state index in [1.165, 1.54) is 13.3 Å². The van der Waals surface area contributed by atoms with Crippen LogP contribution in [-0.2, 0) is 9.53 Å². The normalized spacial score (nSPS) is 16.1. The molecule has 2 atom stereocenters. The van der Waals surface area contributed by atoms with Gasteiger partial charge in [0.25, 0.3) is 0 Å². The van der Waals surface area contributed by atoms with Crippen LogP contribution in [0.2, 0.25) is 0 Å². The van der Waals surface area contributed by atoms with E-state index >= 15 is 0 Å². The number of carbonyl (C=O) groups excluding carboxylic acids is 1. The van der Waals surface area contributed by atoms with Gasteiger partial charge in [-0.15, -0.1) is 0 Å². The van der Waals surface area contributed by atoms with Gasteiger partial charge in [0.05, 0.1) is 6.10 Å². The molecule has 0 saturated heterocycles. The van der Waals surface area contributed by atoms with Crippen molar-refractivity contribution in [3.63, 3.8) is 0 Å². The molecule has 0 aromatic heterocycles. The number of rotatable bonds is 4. The highest BCUT2D eigenvalue weighted by atomic mass is 16.5. The van der Waals surface area contributed by atoms with Crippen molar-refractivity contribution in [2.45, 2.75) is 60.5 Å². The second-order valence-electron chi connectivity index (χ2n) is 5.53. The van der Waals surface area contributed by atoms with Crippen molar-refractivity contribution in [2.24, 2.45) is 11.3 Å². The first-order valence-electron chi connectivity index (χ1n) is 5.38. The lowest BCUT2D eigenvalue weighted by Gasteiger charge is -2.25. The summed E-state index contributed by atoms with van der Waals surface area (Å²) < 4.78 is 5.10. The highest BCUT2D eigenvalue weighted by Gasteiger charge is 2.18. The summed E-state index contributed by atoms with van der Waals surface area (Å²) in [7, 11) is 0. The molecule has 0 unspecified atom stereocenters. The van der Waals surface area contributed by atoms with E-state index < -0.39 is 0 Å². The molecule has 0 aromatic rings. The van der Waals surface area contributed by atoms with Gasteiger partial charge in [0.2, 0.25) is 0 Å². The number of ether oxygens (including phenoxy) is 1. The molecule has 0 fully saturated rings. The summed E-state index contributed by atoms with van der Waals surface area (Å²) >= 11 is 0. The molecule has 0 rings (SSSR count). The second-order valence-corrected chi connectivity index (χ2v) is 5.53. The minimum atomic E-state index is -0.180. The van der Waals surface area contributed by atoms with Gasteiger partial charge in [0.1, 0.15) is 0 Å². The highest BCUT2D eigenvalue weighted by molar-refractivity contribution is 5.66. The third-order valence-electron chi connectivity index (χ3n) is 2.06. The van der Waals surface area contributed by atoms with Crippen LogP contribution < -0.4 is 0 Å². The van der Waals surface area contributed by atoms with Gasteiger partial charge in [-0.05, 0) is 31.1 Å². The molecular weight excluding hydrogens is 176 g/mol. The largest absolute Gasteiger partial charge is 0.463 e. The van der Waals surface area contributed by atoms with E-state index in [4.69, 9.17) is 4.74 Å². The van der Waals surface area contributed by atoms with Crippen LogP contribution in [0.25, 0.3) is 0 Å². The van der Waals surface area contributed by atoms with Gasteiger partial charge in [0.15, 0.2) is 0 Å². The maximum absolute atomic E-state index is 10.7. The van der Waals surface area contributed by atoms with Crippen molar-refractivity contribution >= 4 is 5.97 Å². The van der Waals surface area contributed by atoms with E-state index in [-0.39, 0.29) is 12.1 Å². The van der Waals surface area contributed by atoms with Crippen molar-refractivity contribution < 1.29 is 9.53 Å². The molecule has 0 spiro atoms. The fraction of sp³-hybridized carbons (Fsp3) is 0.917. The maximum Gasteiger partial charge on any atom is 0.302 e. The van der Waals surface area contributed by atoms with Crippen LogP contribution in [0.3, 0.4) is 0 Å². The fourth-order valence-corrected chi connectivity index (χ4v) is 2.03. The average molecular weight is 200 g/mol. The molecule has 0 aromatic carbocycles. The molecule has 0 aliphatic heterocycles. The quantitative estimate of drug-likeness (QED) is 0.650. The Bertz CT molecular complexity index is 179. The van der Waals surface area contributed by atoms with E-state index in [0.29, 0.717) is 11.3 Å². The van der Waals surface area contributed by atoms with Gasteiger partial charge in [-0.3, -0.25) is 4.79 Å². The predicted molar refractivity (Wildman–Crippen MR) is 59.1 cm³/mol. The Morgan fingerprint density at radius 1 is 1.29 bits per heavy atom. The van der Waals surface area contributed by atoms with E-state index in [1.807, 2.05) is 6.92 Å². The van der Waals surface area contributed by atoms with Crippen LogP contribution in [0.4, 0.5) is 0 Å². The molecule has 0 aliphatic carbocycles. The molecule has 0 saturated carbocycles. The summed E-state index contributed by atoms with van der Waals surface area (Å²) in [6, 6.07) is 0. The van der Waals surface area contributed by atoms with Crippen molar-refractivity contribution in [3.05, 3.63) is 0 Å². The predicted octanol–water partition coefficient (Wildman–Crippen LogP) is 3.40. The third-order valence-corrected chi connectivity index (χ3v) is 2.06. The van der Waals surface area contributed by atoms with Crippen LogP contribution in [0, 0.1) is 11.3 Å². The van der Waals surface area contributed by atoms with Crippen molar-refractivity contribution in [1.82, 2.24) is 0 Å². The van der Waals surface area contributed by atoms with Crippen LogP contribution in [0.1, 0.15) is 54.4 Å². The van der Waals surface area contributed by atoms with Gasteiger partial charge in [0, 0.05) is 6.92 Å². The van der Waals surface area contributed by atoms with Crippen LogP contribution in [0.5, 0.6) is 0 Å². The Labute approximate surface area is 88.0 Å². The average Bonchev–Trinajstić information content (AvgIpc) is 1.77. The maximum atomic E-state index is 10.7. The first-order valence-corrected chi connectivity index (χ1v) is 5.38. The second kappa shape index (κ2) is 5.38. The van der Waals surface area contributed by atoms with Crippen LogP contribution in [-0.4, -0.2) is 12.1 Å². The highest BCUT2D eigenvalue weighted by Crippen LogP contribution is 2.27. The van der Waals surface area contributed by atoms with Gasteiger partial charge in [-0.1, -0.05) is 27.7 Å². The van der Waals surface area contributed by atoms with E-state index in [9.17, 15) is 4.79 Å². The topological polar surface area (TPSA) is 26.3 Å². The first kappa shape index (κ1) is 13.5. The SMILES string of the molecule is CC(=O)O[C@H](C)C[C@H](C)CC(C)(C)C. The fourth-order valence-electron chi connectivity index (χ4n) is 2.03. The summed E-state index contributed by atoms with van der Waals surface area (Å²) in [5.74, 6) is 0.421. The molecule has 0 heterocycles. The summed E-state index contributed by atoms with van der Waals surface area (Å²) in [5, 5.41) is 0. The van der Waals surface area contributed by atoms with Crippen LogP contribution in [0.15, 0.2) is 0 Å². The van der Waals surface area contributed by atoms with E-state index in [0.717, 1.165) is 6.42 Å². The van der Waals surface area contributed by atoms with Gasteiger partial charge < -0.3 is 4.74 Å². The minimum absolute atomic E-state index is 0.0462. The van der Waals surface area contributed by atoms with Crippen LogP contribution >= 0.6 is 0 Å². The zero-order valence-electron chi connectivity index (χ0n) is 10.4. The van der Waals surface area contributed by atoms with E-state index in [1.54, 1.807) is 0 Å². The molecular formula is C12H24O2.